The van der Waals surface area contributed by atoms with Gasteiger partial charge in [-0.3, -0.25) is 9.59 Å². The number of hydrogen-bond acceptors (Lipinski definition) is 4. The second-order valence-electron chi connectivity index (χ2n) is 7.57. The van der Waals surface area contributed by atoms with E-state index in [0.29, 0.717) is 18.8 Å². The van der Waals surface area contributed by atoms with E-state index in [1.165, 1.54) is 24.2 Å². The summed E-state index contributed by atoms with van der Waals surface area (Å²) in [6.07, 6.45) is 4.83. The molecule has 30 heavy (non-hydrogen) atoms. The molecule has 1 saturated heterocycles. The summed E-state index contributed by atoms with van der Waals surface area (Å²) in [5, 5.41) is 1.93. The number of methoxy groups -OCH3 is 1. The van der Waals surface area contributed by atoms with Gasteiger partial charge in [-0.1, -0.05) is 26.2 Å². The smallest absolute Gasteiger partial charge is 0.292 e. The molecule has 0 bridgehead atoms. The van der Waals surface area contributed by atoms with E-state index in [4.69, 9.17) is 9.47 Å². The monoisotopic (exact) mass is 411 g/mol. The van der Waals surface area contributed by atoms with Crippen molar-refractivity contribution in [1.82, 2.24) is 0 Å². The highest BCUT2D eigenvalue weighted by atomic mass is 16.5. The maximum absolute atomic E-state index is 12.8. The molecule has 6 heteroatoms. The van der Waals surface area contributed by atoms with Gasteiger partial charge in [0.25, 0.3) is 5.91 Å². The molecule has 0 spiro atoms. The number of rotatable bonds is 11. The van der Waals surface area contributed by atoms with E-state index in [9.17, 15) is 9.59 Å². The Bertz CT molecular complexity index is 833. The quantitative estimate of drug-likeness (QED) is 0.456. The highest BCUT2D eigenvalue weighted by Crippen LogP contribution is 2.24. The molecule has 2 amide bonds. The van der Waals surface area contributed by atoms with Crippen LogP contribution in [0.1, 0.15) is 44.6 Å². The molecule has 1 fully saturated rings. The number of amides is 2. The van der Waals surface area contributed by atoms with Crippen LogP contribution in [0, 0.1) is 0 Å². The Kier molecular flexibility index (Phi) is 7.85. The van der Waals surface area contributed by atoms with Crippen molar-refractivity contribution in [3.8, 4) is 11.5 Å². The lowest BCUT2D eigenvalue weighted by Gasteiger charge is -2.15. The minimum Gasteiger partial charge on any atom is -0.497 e. The van der Waals surface area contributed by atoms with Crippen molar-refractivity contribution in [2.24, 2.45) is 0 Å². The van der Waals surface area contributed by atoms with E-state index >= 15 is 0 Å². The number of nitrogens with zero attached hydrogens (tertiary/aromatic N) is 1. The Morgan fingerprint density at radius 1 is 0.967 bits per heavy atom. The van der Waals surface area contributed by atoms with Crippen molar-refractivity contribution < 1.29 is 24.4 Å². The lowest BCUT2D eigenvalue weighted by Crippen LogP contribution is -2.90. The maximum Gasteiger partial charge on any atom is 0.292 e. The van der Waals surface area contributed by atoms with Gasteiger partial charge in [-0.25, -0.2) is 4.90 Å². The maximum atomic E-state index is 12.8. The van der Waals surface area contributed by atoms with Crippen molar-refractivity contribution in [2.75, 3.05) is 18.6 Å². The van der Waals surface area contributed by atoms with Crippen LogP contribution >= 0.6 is 0 Å². The minimum absolute atomic E-state index is 0.163. The number of quaternary nitrogens is 1. The van der Waals surface area contributed by atoms with Crippen molar-refractivity contribution in [1.29, 1.82) is 0 Å². The molecular weight excluding hydrogens is 380 g/mol. The van der Waals surface area contributed by atoms with E-state index in [2.05, 4.69) is 6.92 Å². The number of benzene rings is 2. The van der Waals surface area contributed by atoms with Gasteiger partial charge in [0.1, 0.15) is 18.0 Å². The molecule has 1 atom stereocenters. The van der Waals surface area contributed by atoms with Gasteiger partial charge >= 0.3 is 0 Å². The number of nitrogens with two attached hydrogens (primary N) is 1. The number of hydrogen-bond donors (Lipinski definition) is 1. The Labute approximate surface area is 178 Å². The van der Waals surface area contributed by atoms with Crippen LogP contribution in [0.25, 0.3) is 0 Å². The molecule has 3 rings (SSSR count). The van der Waals surface area contributed by atoms with E-state index in [1.807, 2.05) is 41.7 Å². The normalized spacial score (nSPS) is 16.2. The highest BCUT2D eigenvalue weighted by molar-refractivity contribution is 6.21. The molecule has 0 saturated carbocycles. The predicted octanol–water partition coefficient (Wildman–Crippen LogP) is 3.05. The first-order valence-corrected chi connectivity index (χ1v) is 10.7. The Morgan fingerprint density at radius 3 is 2.33 bits per heavy atom. The third kappa shape index (κ3) is 5.60. The summed E-state index contributed by atoms with van der Waals surface area (Å²) < 4.78 is 10.9. The number of carbonyl (C=O) groups excluding carboxylic acids is 2. The van der Waals surface area contributed by atoms with Gasteiger partial charge in [0, 0.05) is 5.56 Å². The first-order valence-electron chi connectivity index (χ1n) is 10.7. The molecule has 1 aliphatic rings. The zero-order valence-corrected chi connectivity index (χ0v) is 17.8. The summed E-state index contributed by atoms with van der Waals surface area (Å²) in [5.41, 5.74) is 1.68. The summed E-state index contributed by atoms with van der Waals surface area (Å²) in [6, 6.07) is 14.5. The van der Waals surface area contributed by atoms with Crippen molar-refractivity contribution in [3.05, 3.63) is 54.1 Å². The zero-order valence-electron chi connectivity index (χ0n) is 17.8. The molecule has 0 radical (unpaired) electrons. The Balaban J connectivity index is 1.53. The second-order valence-corrected chi connectivity index (χ2v) is 7.57. The molecule has 2 aromatic carbocycles. The molecule has 0 unspecified atom stereocenters. The topological polar surface area (TPSA) is 72.4 Å². The fraction of sp³-hybridized carbons (Fsp3) is 0.417. The highest BCUT2D eigenvalue weighted by Gasteiger charge is 2.42. The third-order valence-corrected chi connectivity index (χ3v) is 5.34. The van der Waals surface area contributed by atoms with Crippen LogP contribution in [-0.2, 0) is 16.1 Å². The number of ether oxygens (including phenoxy) is 2. The molecule has 160 valence electrons. The molecule has 2 aromatic rings. The van der Waals surface area contributed by atoms with Gasteiger partial charge in [-0.15, -0.1) is 0 Å². The average molecular weight is 412 g/mol. The van der Waals surface area contributed by atoms with Gasteiger partial charge < -0.3 is 14.8 Å². The minimum atomic E-state index is -0.394. The van der Waals surface area contributed by atoms with Gasteiger partial charge in [0.2, 0.25) is 5.91 Å². The third-order valence-electron chi connectivity index (χ3n) is 5.34. The summed E-state index contributed by atoms with van der Waals surface area (Å²) in [5.74, 6) is 1.23. The van der Waals surface area contributed by atoms with E-state index < -0.39 is 6.04 Å². The van der Waals surface area contributed by atoms with Crippen molar-refractivity contribution >= 4 is 17.5 Å². The average Bonchev–Trinajstić information content (AvgIpc) is 3.06. The molecular formula is C24H31N2O4+. The summed E-state index contributed by atoms with van der Waals surface area (Å²) >= 11 is 0. The van der Waals surface area contributed by atoms with Crippen LogP contribution in [0.15, 0.2) is 48.5 Å². The first-order chi connectivity index (χ1) is 14.6. The lowest BCUT2D eigenvalue weighted by molar-refractivity contribution is -0.690. The molecule has 2 N–H and O–H groups in total. The van der Waals surface area contributed by atoms with Crippen LogP contribution in [-0.4, -0.2) is 31.6 Å². The second kappa shape index (κ2) is 10.8. The summed E-state index contributed by atoms with van der Waals surface area (Å²) in [7, 11) is 1.63. The Hall–Kier alpha value is -2.86. The standard InChI is InChI=1S/C24H30N2O4/c1-3-4-5-6-15-30-21-13-9-19(10-14-21)26-23(27)16-22(24(26)28)25-17-18-7-11-20(29-2)12-8-18/h7-14,22,25H,3-6,15-17H2,1-2H3/p+1/t22-/m0/s1. The van der Waals surface area contributed by atoms with Crippen LogP contribution < -0.4 is 19.7 Å². The number of unbranched alkanes of at least 4 members (excludes halogenated alkanes) is 3. The number of imide groups is 1. The Morgan fingerprint density at radius 2 is 1.67 bits per heavy atom. The lowest BCUT2D eigenvalue weighted by atomic mass is 10.2. The van der Waals surface area contributed by atoms with E-state index in [1.54, 1.807) is 19.2 Å². The molecule has 0 aliphatic carbocycles. The molecule has 1 aliphatic heterocycles. The summed E-state index contributed by atoms with van der Waals surface area (Å²) in [6.45, 7) is 3.50. The largest absolute Gasteiger partial charge is 0.497 e. The molecule has 0 aromatic heterocycles. The van der Waals surface area contributed by atoms with Crippen molar-refractivity contribution in [3.63, 3.8) is 0 Å². The number of anilines is 1. The van der Waals surface area contributed by atoms with E-state index in [0.717, 1.165) is 23.5 Å². The van der Waals surface area contributed by atoms with Crippen LogP contribution in [0.3, 0.4) is 0 Å². The van der Waals surface area contributed by atoms with Gasteiger partial charge in [-0.05, 0) is 55.0 Å². The number of carbonyl (C=O) groups is 2. The van der Waals surface area contributed by atoms with Crippen LogP contribution in [0.2, 0.25) is 0 Å². The van der Waals surface area contributed by atoms with Gasteiger partial charge in [0.05, 0.1) is 25.8 Å². The zero-order chi connectivity index (χ0) is 21.3. The first kappa shape index (κ1) is 21.8. The fourth-order valence-corrected chi connectivity index (χ4v) is 3.56. The van der Waals surface area contributed by atoms with Gasteiger partial charge in [0.15, 0.2) is 6.04 Å². The summed E-state index contributed by atoms with van der Waals surface area (Å²) in [4.78, 5) is 26.6. The van der Waals surface area contributed by atoms with Gasteiger partial charge in [-0.2, -0.15) is 0 Å². The van der Waals surface area contributed by atoms with Crippen molar-refractivity contribution in [2.45, 2.75) is 51.6 Å². The molecule has 1 heterocycles. The predicted molar refractivity (Wildman–Crippen MR) is 116 cm³/mol. The van der Waals surface area contributed by atoms with Crippen LogP contribution in [0.4, 0.5) is 5.69 Å². The van der Waals surface area contributed by atoms with E-state index in [-0.39, 0.29) is 18.2 Å². The fourth-order valence-electron chi connectivity index (χ4n) is 3.56. The van der Waals surface area contributed by atoms with Crippen LogP contribution in [0.5, 0.6) is 11.5 Å². The SMILES string of the molecule is CCCCCCOc1ccc(N2C(=O)C[C@H]([NH2+]Cc3ccc(OC)cc3)C2=O)cc1. The molecule has 6 nitrogen and oxygen atoms in total.